The second kappa shape index (κ2) is 12.7. The molecule has 10 N–H and O–H groups in total. The number of para-hydroxylation sites is 1. The number of rotatable bonds is 13. The lowest BCUT2D eigenvalue weighted by Crippen LogP contribution is -2.57. The number of aromatic nitrogens is 1. The minimum Gasteiger partial charge on any atom is -0.480 e. The lowest BCUT2D eigenvalue weighted by atomic mass is 10.0. The van der Waals surface area contributed by atoms with Crippen molar-refractivity contribution < 1.29 is 34.2 Å². The van der Waals surface area contributed by atoms with Gasteiger partial charge in [-0.2, -0.15) is 0 Å². The van der Waals surface area contributed by atoms with Crippen LogP contribution in [0.5, 0.6) is 0 Å². The number of H-pyrrole nitrogens is 1. The Balaban J connectivity index is 2.23. The number of hydrogen-bond donors (Lipinski definition) is 8. The first-order valence-corrected chi connectivity index (χ1v) is 11.3. The molecule has 1 aromatic heterocycles. The SMILES string of the molecule is CC(NC(=O)C(N)C(C)O)C(=O)NC(Cc1c[nH]c2ccccc12)C(=O)NC(CCC(N)=O)C(=O)O. The van der Waals surface area contributed by atoms with E-state index in [9.17, 15) is 34.2 Å². The zero-order valence-electron chi connectivity index (χ0n) is 20.0. The van der Waals surface area contributed by atoms with Gasteiger partial charge in [-0.1, -0.05) is 18.2 Å². The Kier molecular flexibility index (Phi) is 9.93. The van der Waals surface area contributed by atoms with Crippen LogP contribution in [0.4, 0.5) is 0 Å². The largest absolute Gasteiger partial charge is 0.480 e. The smallest absolute Gasteiger partial charge is 0.326 e. The third kappa shape index (κ3) is 7.78. The van der Waals surface area contributed by atoms with Gasteiger partial charge in [0.1, 0.15) is 24.2 Å². The van der Waals surface area contributed by atoms with Crippen molar-refractivity contribution in [3.05, 3.63) is 36.0 Å². The highest BCUT2D eigenvalue weighted by molar-refractivity contribution is 5.94. The Bertz CT molecular complexity index is 1120. The van der Waals surface area contributed by atoms with Crippen LogP contribution in [0.2, 0.25) is 0 Å². The minimum absolute atomic E-state index is 0.00238. The van der Waals surface area contributed by atoms with Gasteiger partial charge in [0.25, 0.3) is 0 Å². The monoisotopic (exact) mass is 504 g/mol. The molecule has 0 fully saturated rings. The number of aliphatic hydroxyl groups excluding tert-OH is 1. The standard InChI is InChI=1S/C23H32N6O7/c1-11(27-22(34)19(25)12(2)30)20(32)29-17(9-13-10-26-15-6-4-3-5-14(13)15)21(33)28-16(23(35)36)7-8-18(24)31/h3-6,10-12,16-17,19,26,30H,7-9,25H2,1-2H3,(H2,24,31)(H,27,34)(H,28,33)(H,29,32)(H,35,36). The van der Waals surface area contributed by atoms with Gasteiger partial charge in [-0.3, -0.25) is 19.2 Å². The molecule has 0 aliphatic rings. The van der Waals surface area contributed by atoms with E-state index in [1.165, 1.54) is 13.8 Å². The molecule has 13 heteroatoms. The van der Waals surface area contributed by atoms with Crippen molar-refractivity contribution in [2.75, 3.05) is 0 Å². The summed E-state index contributed by atoms with van der Waals surface area (Å²) in [6.07, 6.45) is 0.0366. The Morgan fingerprint density at radius 2 is 1.61 bits per heavy atom. The number of carboxylic acids is 1. The van der Waals surface area contributed by atoms with Crippen molar-refractivity contribution in [1.29, 1.82) is 0 Å². The topological polar surface area (TPSA) is 230 Å². The summed E-state index contributed by atoms with van der Waals surface area (Å²) in [6.45, 7) is 2.70. The fourth-order valence-corrected chi connectivity index (χ4v) is 3.44. The van der Waals surface area contributed by atoms with Gasteiger partial charge in [0.2, 0.25) is 23.6 Å². The normalized spacial score (nSPS) is 15.2. The third-order valence-electron chi connectivity index (χ3n) is 5.60. The van der Waals surface area contributed by atoms with E-state index in [1.54, 1.807) is 12.3 Å². The summed E-state index contributed by atoms with van der Waals surface area (Å²) in [6, 6.07) is 2.28. The zero-order valence-corrected chi connectivity index (χ0v) is 20.0. The zero-order chi connectivity index (χ0) is 27.0. The highest BCUT2D eigenvalue weighted by atomic mass is 16.4. The number of hydrogen-bond acceptors (Lipinski definition) is 7. The van der Waals surface area contributed by atoms with Gasteiger partial charge in [0.15, 0.2) is 0 Å². The van der Waals surface area contributed by atoms with E-state index in [0.29, 0.717) is 5.56 Å². The number of aliphatic carboxylic acids is 1. The molecular formula is C23H32N6O7. The second-order valence-corrected chi connectivity index (χ2v) is 8.53. The van der Waals surface area contributed by atoms with Gasteiger partial charge in [0, 0.05) is 29.9 Å². The van der Waals surface area contributed by atoms with Crippen LogP contribution in [0.3, 0.4) is 0 Å². The fraction of sp³-hybridized carbons (Fsp3) is 0.435. The predicted molar refractivity (Wildman–Crippen MR) is 129 cm³/mol. The summed E-state index contributed by atoms with van der Waals surface area (Å²) in [5.41, 5.74) is 12.2. The van der Waals surface area contributed by atoms with Crippen LogP contribution < -0.4 is 27.4 Å². The van der Waals surface area contributed by atoms with Crippen LogP contribution in [-0.2, 0) is 30.4 Å². The number of benzene rings is 1. The molecule has 4 amide bonds. The molecule has 0 spiro atoms. The van der Waals surface area contributed by atoms with E-state index in [0.717, 1.165) is 10.9 Å². The molecule has 0 radical (unpaired) electrons. The average Bonchev–Trinajstić information content (AvgIpc) is 3.22. The average molecular weight is 505 g/mol. The Labute approximate surface area is 207 Å². The molecule has 5 unspecified atom stereocenters. The van der Waals surface area contributed by atoms with Crippen molar-refractivity contribution >= 4 is 40.5 Å². The van der Waals surface area contributed by atoms with Gasteiger partial charge in [0.05, 0.1) is 6.10 Å². The van der Waals surface area contributed by atoms with E-state index in [4.69, 9.17) is 11.5 Å². The highest BCUT2D eigenvalue weighted by Crippen LogP contribution is 2.19. The van der Waals surface area contributed by atoms with Crippen LogP contribution in [-0.4, -0.2) is 75.1 Å². The van der Waals surface area contributed by atoms with E-state index < -0.39 is 59.9 Å². The van der Waals surface area contributed by atoms with Gasteiger partial charge in [-0.15, -0.1) is 0 Å². The molecule has 2 aromatic rings. The predicted octanol–water partition coefficient (Wildman–Crippen LogP) is -1.76. The molecule has 0 aliphatic heterocycles. The molecular weight excluding hydrogens is 472 g/mol. The van der Waals surface area contributed by atoms with Crippen LogP contribution >= 0.6 is 0 Å². The van der Waals surface area contributed by atoms with Crippen LogP contribution in [0, 0.1) is 0 Å². The van der Waals surface area contributed by atoms with E-state index in [1.807, 2.05) is 18.2 Å². The summed E-state index contributed by atoms with van der Waals surface area (Å²) in [5, 5.41) is 27.0. The van der Waals surface area contributed by atoms with Crippen LogP contribution in [0.25, 0.3) is 10.9 Å². The number of carboxylic acid groups (broad SMARTS) is 1. The molecule has 0 saturated carbocycles. The van der Waals surface area contributed by atoms with Crippen LogP contribution in [0.15, 0.2) is 30.5 Å². The van der Waals surface area contributed by atoms with Gasteiger partial charge in [-0.05, 0) is 31.9 Å². The van der Waals surface area contributed by atoms with E-state index in [2.05, 4.69) is 20.9 Å². The number of carbonyl (C=O) groups excluding carboxylic acids is 4. The third-order valence-corrected chi connectivity index (χ3v) is 5.60. The summed E-state index contributed by atoms with van der Waals surface area (Å²) in [5.74, 6) is -4.38. The highest BCUT2D eigenvalue weighted by Gasteiger charge is 2.30. The number of primary amides is 1. The Hall–Kier alpha value is -3.97. The number of amides is 4. The molecule has 2 rings (SSSR count). The Morgan fingerprint density at radius 1 is 0.972 bits per heavy atom. The molecule has 0 aliphatic carbocycles. The number of nitrogens with one attached hydrogen (secondary N) is 4. The number of aliphatic hydroxyl groups is 1. The minimum atomic E-state index is -1.41. The molecule has 36 heavy (non-hydrogen) atoms. The molecule has 5 atom stereocenters. The molecule has 1 heterocycles. The quantitative estimate of drug-likeness (QED) is 0.155. The van der Waals surface area contributed by atoms with Crippen molar-refractivity contribution in [3.63, 3.8) is 0 Å². The lowest BCUT2D eigenvalue weighted by Gasteiger charge is -2.24. The van der Waals surface area contributed by atoms with Gasteiger partial charge in [-0.25, -0.2) is 4.79 Å². The maximum atomic E-state index is 13.1. The summed E-state index contributed by atoms with van der Waals surface area (Å²) in [4.78, 5) is 63.7. The molecule has 196 valence electrons. The number of nitrogens with two attached hydrogens (primary N) is 2. The van der Waals surface area contributed by atoms with Gasteiger partial charge >= 0.3 is 5.97 Å². The van der Waals surface area contributed by atoms with Gasteiger partial charge < -0.3 is 42.6 Å². The van der Waals surface area contributed by atoms with E-state index in [-0.39, 0.29) is 19.3 Å². The van der Waals surface area contributed by atoms with Crippen molar-refractivity contribution in [1.82, 2.24) is 20.9 Å². The first-order valence-electron chi connectivity index (χ1n) is 11.3. The van der Waals surface area contributed by atoms with Crippen LogP contribution in [0.1, 0.15) is 32.3 Å². The summed E-state index contributed by atoms with van der Waals surface area (Å²) in [7, 11) is 0. The number of aromatic amines is 1. The molecule has 13 nitrogen and oxygen atoms in total. The first-order chi connectivity index (χ1) is 16.9. The Morgan fingerprint density at radius 3 is 2.22 bits per heavy atom. The molecule has 0 bridgehead atoms. The molecule has 0 saturated heterocycles. The lowest BCUT2D eigenvalue weighted by molar-refractivity contribution is -0.142. The summed E-state index contributed by atoms with van der Waals surface area (Å²) >= 11 is 0. The number of fused-ring (bicyclic) bond motifs is 1. The van der Waals surface area contributed by atoms with Crippen molar-refractivity contribution in [3.8, 4) is 0 Å². The van der Waals surface area contributed by atoms with Crippen molar-refractivity contribution in [2.24, 2.45) is 11.5 Å². The fourth-order valence-electron chi connectivity index (χ4n) is 3.44. The van der Waals surface area contributed by atoms with E-state index >= 15 is 0 Å². The van der Waals surface area contributed by atoms with Crippen molar-refractivity contribution in [2.45, 2.75) is 63.4 Å². The summed E-state index contributed by atoms with van der Waals surface area (Å²) < 4.78 is 0. The molecule has 1 aromatic carbocycles. The maximum absolute atomic E-state index is 13.1. The maximum Gasteiger partial charge on any atom is 0.326 e. The first kappa shape index (κ1) is 28.3. The second-order valence-electron chi connectivity index (χ2n) is 8.53. The number of carbonyl (C=O) groups is 5.